The number of carbonyl (C=O) groups excluding carboxylic acids is 3. The number of rotatable bonds is 4. The van der Waals surface area contributed by atoms with Crippen LogP contribution in [0.3, 0.4) is 0 Å². The van der Waals surface area contributed by atoms with E-state index < -0.39 is 11.5 Å². The summed E-state index contributed by atoms with van der Waals surface area (Å²) in [7, 11) is 0. The van der Waals surface area contributed by atoms with Crippen LogP contribution < -0.4 is 10.2 Å². The molecule has 4 aliphatic heterocycles. The van der Waals surface area contributed by atoms with Crippen LogP contribution in [0.1, 0.15) is 70.8 Å². The van der Waals surface area contributed by atoms with E-state index in [-0.39, 0.29) is 35.6 Å². The SMILES string of the molecule is CC(C)(C)OC(=O)N1CCC(CN2CCC3(CCN(c4ccc(C5CCC(=O)NC5=O)cc4F)C3)C2)CC1. The summed E-state index contributed by atoms with van der Waals surface area (Å²) in [5.41, 5.74) is 0.957. The molecule has 0 aromatic heterocycles. The number of nitrogens with zero attached hydrogens (tertiary/aromatic N) is 3. The first-order valence-corrected chi connectivity index (χ1v) is 14.1. The zero-order chi connectivity index (χ0) is 27.1. The van der Waals surface area contributed by atoms with Gasteiger partial charge in [0, 0.05) is 51.1 Å². The number of anilines is 1. The van der Waals surface area contributed by atoms with Gasteiger partial charge in [-0.15, -0.1) is 0 Å². The third-order valence-corrected chi connectivity index (χ3v) is 8.69. The molecule has 9 heteroatoms. The summed E-state index contributed by atoms with van der Waals surface area (Å²) >= 11 is 0. The Balaban J connectivity index is 1.12. The first-order chi connectivity index (χ1) is 18.0. The summed E-state index contributed by atoms with van der Waals surface area (Å²) in [5.74, 6) is -0.785. The normalized spacial score (nSPS) is 27.3. The van der Waals surface area contributed by atoms with Crippen LogP contribution in [0, 0.1) is 17.2 Å². The summed E-state index contributed by atoms with van der Waals surface area (Å²) in [6.07, 6.45) is 4.67. The fourth-order valence-electron chi connectivity index (χ4n) is 6.66. The summed E-state index contributed by atoms with van der Waals surface area (Å²) in [6, 6.07) is 5.12. The molecule has 1 spiro atoms. The number of benzene rings is 1. The van der Waals surface area contributed by atoms with Gasteiger partial charge in [-0.2, -0.15) is 0 Å². The van der Waals surface area contributed by atoms with E-state index in [1.807, 2.05) is 31.7 Å². The van der Waals surface area contributed by atoms with Crippen molar-refractivity contribution in [2.24, 2.45) is 11.3 Å². The zero-order valence-electron chi connectivity index (χ0n) is 22.9. The first-order valence-electron chi connectivity index (χ1n) is 14.1. The van der Waals surface area contributed by atoms with E-state index in [9.17, 15) is 14.4 Å². The number of ether oxygens (including phenoxy) is 1. The molecule has 1 aromatic rings. The fraction of sp³-hybridized carbons (Fsp3) is 0.690. The van der Waals surface area contributed by atoms with Crippen LogP contribution in [-0.4, -0.2) is 79.1 Å². The van der Waals surface area contributed by atoms with Crippen LogP contribution >= 0.6 is 0 Å². The molecule has 8 nitrogen and oxygen atoms in total. The molecule has 0 aliphatic carbocycles. The number of amides is 3. The van der Waals surface area contributed by atoms with Gasteiger partial charge in [0.1, 0.15) is 11.4 Å². The second-order valence-electron chi connectivity index (χ2n) is 12.8. The maximum absolute atomic E-state index is 15.2. The molecule has 38 heavy (non-hydrogen) atoms. The second kappa shape index (κ2) is 10.5. The third-order valence-electron chi connectivity index (χ3n) is 8.69. The topological polar surface area (TPSA) is 82.2 Å². The predicted molar refractivity (Wildman–Crippen MR) is 142 cm³/mol. The largest absolute Gasteiger partial charge is 0.444 e. The molecule has 0 saturated carbocycles. The summed E-state index contributed by atoms with van der Waals surface area (Å²) < 4.78 is 20.7. The quantitative estimate of drug-likeness (QED) is 0.597. The highest BCUT2D eigenvalue weighted by Crippen LogP contribution is 2.42. The molecule has 3 amide bonds. The number of halogens is 1. The van der Waals surface area contributed by atoms with Gasteiger partial charge in [0.15, 0.2) is 0 Å². The van der Waals surface area contributed by atoms with E-state index in [1.54, 1.807) is 6.07 Å². The molecule has 4 heterocycles. The van der Waals surface area contributed by atoms with E-state index >= 15 is 4.39 Å². The van der Waals surface area contributed by atoms with Crippen molar-refractivity contribution in [1.29, 1.82) is 0 Å². The molecular weight excluding hydrogens is 487 g/mol. The van der Waals surface area contributed by atoms with Gasteiger partial charge in [-0.25, -0.2) is 9.18 Å². The summed E-state index contributed by atoms with van der Waals surface area (Å²) in [6.45, 7) is 12.0. The molecule has 1 aromatic carbocycles. The number of hydrogen-bond acceptors (Lipinski definition) is 6. The number of piperidine rings is 2. The minimum atomic E-state index is -0.472. The Kier molecular flexibility index (Phi) is 7.42. The van der Waals surface area contributed by atoms with Crippen molar-refractivity contribution >= 4 is 23.6 Å². The van der Waals surface area contributed by atoms with Crippen molar-refractivity contribution in [3.63, 3.8) is 0 Å². The summed E-state index contributed by atoms with van der Waals surface area (Å²) in [5, 5.41) is 2.36. The number of carbonyl (C=O) groups is 3. The van der Waals surface area contributed by atoms with Gasteiger partial charge in [0.25, 0.3) is 0 Å². The van der Waals surface area contributed by atoms with Crippen LogP contribution in [0.5, 0.6) is 0 Å². The van der Waals surface area contributed by atoms with Gasteiger partial charge in [-0.3, -0.25) is 14.9 Å². The van der Waals surface area contributed by atoms with E-state index in [0.29, 0.717) is 23.6 Å². The van der Waals surface area contributed by atoms with E-state index in [4.69, 9.17) is 4.74 Å². The highest BCUT2D eigenvalue weighted by Gasteiger charge is 2.44. The Morgan fingerprint density at radius 3 is 2.50 bits per heavy atom. The van der Waals surface area contributed by atoms with Crippen molar-refractivity contribution in [3.8, 4) is 0 Å². The van der Waals surface area contributed by atoms with Crippen LogP contribution in [0.2, 0.25) is 0 Å². The van der Waals surface area contributed by atoms with Crippen LogP contribution in [0.25, 0.3) is 0 Å². The monoisotopic (exact) mass is 528 g/mol. The Morgan fingerprint density at radius 1 is 1.08 bits per heavy atom. The molecule has 1 N–H and O–H groups in total. The minimum Gasteiger partial charge on any atom is -0.444 e. The molecule has 4 aliphatic rings. The molecule has 5 rings (SSSR count). The van der Waals surface area contributed by atoms with Crippen LogP contribution in [0.15, 0.2) is 18.2 Å². The van der Waals surface area contributed by atoms with Crippen molar-refractivity contribution in [1.82, 2.24) is 15.1 Å². The lowest BCUT2D eigenvalue weighted by Crippen LogP contribution is -2.43. The summed E-state index contributed by atoms with van der Waals surface area (Å²) in [4.78, 5) is 42.6. The number of likely N-dealkylation sites (tertiary alicyclic amines) is 2. The average molecular weight is 529 g/mol. The molecule has 208 valence electrons. The fourth-order valence-corrected chi connectivity index (χ4v) is 6.66. The molecule has 4 saturated heterocycles. The van der Waals surface area contributed by atoms with Crippen LogP contribution in [0.4, 0.5) is 14.9 Å². The molecule has 0 bridgehead atoms. The van der Waals surface area contributed by atoms with E-state index in [2.05, 4.69) is 15.1 Å². The van der Waals surface area contributed by atoms with Gasteiger partial charge < -0.3 is 19.4 Å². The number of hydrogen-bond donors (Lipinski definition) is 1. The van der Waals surface area contributed by atoms with Crippen molar-refractivity contribution in [2.75, 3.05) is 50.7 Å². The third kappa shape index (κ3) is 5.98. The maximum Gasteiger partial charge on any atom is 0.410 e. The minimum absolute atomic E-state index is 0.186. The molecular formula is C29H41FN4O4. The average Bonchev–Trinajstić information content (AvgIpc) is 3.44. The first kappa shape index (κ1) is 26.9. The zero-order valence-corrected chi connectivity index (χ0v) is 22.9. The Hall–Kier alpha value is -2.68. The molecule has 2 unspecified atom stereocenters. The van der Waals surface area contributed by atoms with Gasteiger partial charge in [0.05, 0.1) is 11.6 Å². The van der Waals surface area contributed by atoms with E-state index in [0.717, 1.165) is 71.5 Å². The maximum atomic E-state index is 15.2. The highest BCUT2D eigenvalue weighted by atomic mass is 19.1. The highest BCUT2D eigenvalue weighted by molar-refractivity contribution is 6.00. The smallest absolute Gasteiger partial charge is 0.410 e. The lowest BCUT2D eigenvalue weighted by atomic mass is 9.86. The van der Waals surface area contributed by atoms with Gasteiger partial charge in [-0.05, 0) is 83.0 Å². The van der Waals surface area contributed by atoms with Crippen molar-refractivity contribution in [3.05, 3.63) is 29.6 Å². The van der Waals surface area contributed by atoms with Gasteiger partial charge in [0.2, 0.25) is 11.8 Å². The van der Waals surface area contributed by atoms with E-state index in [1.165, 1.54) is 6.07 Å². The van der Waals surface area contributed by atoms with Crippen molar-refractivity contribution in [2.45, 2.75) is 70.8 Å². The van der Waals surface area contributed by atoms with Crippen LogP contribution in [-0.2, 0) is 14.3 Å². The number of imide groups is 1. The standard InChI is InChI=1S/C29H41FN4O4/c1-28(2,3)38-27(37)33-12-8-20(9-13-33)17-32-14-10-29(18-32)11-15-34(19-29)24-6-4-21(16-23(24)30)22-5-7-25(35)31-26(22)36/h4,6,16,20,22H,5,7-15,17-19H2,1-3H3,(H,31,35,36). The second-order valence-corrected chi connectivity index (χ2v) is 12.8. The number of nitrogens with one attached hydrogen (secondary N) is 1. The molecule has 4 fully saturated rings. The Labute approximate surface area is 224 Å². The lowest BCUT2D eigenvalue weighted by Gasteiger charge is -2.35. The lowest BCUT2D eigenvalue weighted by molar-refractivity contribution is -0.134. The van der Waals surface area contributed by atoms with Gasteiger partial charge in [-0.1, -0.05) is 6.07 Å². The molecule has 0 radical (unpaired) electrons. The van der Waals surface area contributed by atoms with Crippen molar-refractivity contribution < 1.29 is 23.5 Å². The van der Waals surface area contributed by atoms with Gasteiger partial charge >= 0.3 is 6.09 Å². The Bertz CT molecular complexity index is 1080. The predicted octanol–water partition coefficient (Wildman–Crippen LogP) is 3.90. The molecule has 2 atom stereocenters. The Morgan fingerprint density at radius 2 is 1.82 bits per heavy atom.